The molecule has 0 saturated heterocycles. The second-order valence-corrected chi connectivity index (χ2v) is 8.61. The number of aliphatic hydroxyl groups is 1. The van der Waals surface area contributed by atoms with E-state index >= 15 is 0 Å². The smallest absolute Gasteiger partial charge is 0.475 e. The number of methoxy groups -OCH3 is 3. The van der Waals surface area contributed by atoms with Gasteiger partial charge in [-0.2, -0.15) is 0 Å². The first kappa shape index (κ1) is 26.8. The van der Waals surface area contributed by atoms with Crippen LogP contribution in [0.15, 0.2) is 6.07 Å². The van der Waals surface area contributed by atoms with E-state index in [9.17, 15) is 24.7 Å². The topological polar surface area (TPSA) is 147 Å². The van der Waals surface area contributed by atoms with Crippen molar-refractivity contribution in [3.8, 4) is 17.2 Å². The average molecular weight is 466 g/mol. The summed E-state index contributed by atoms with van der Waals surface area (Å²) < 4.78 is 16.4. The molecule has 0 radical (unpaired) electrons. The van der Waals surface area contributed by atoms with E-state index in [1.54, 1.807) is 13.2 Å². The van der Waals surface area contributed by atoms with Crippen LogP contribution < -0.4 is 24.8 Å². The van der Waals surface area contributed by atoms with Gasteiger partial charge in [0.05, 0.1) is 33.9 Å². The fraction of sp³-hybridized carbons (Fsp3) is 0.636. The van der Waals surface area contributed by atoms with E-state index in [-0.39, 0.29) is 11.8 Å². The van der Waals surface area contributed by atoms with E-state index in [1.807, 2.05) is 13.8 Å². The second kappa shape index (κ2) is 12.1. The SMILES string of the molecule is COc1cc(OC)c(OC)c2c1CCC(C(=O)N[C@@H](CO)C(=O)N[C@@H](CC(C)C)B(O)O)C2. The van der Waals surface area contributed by atoms with Crippen LogP contribution in [0, 0.1) is 11.8 Å². The van der Waals surface area contributed by atoms with Crippen molar-refractivity contribution in [3.63, 3.8) is 0 Å². The normalized spacial score (nSPS) is 16.9. The standard InChI is InChI=1S/C22H35BN2O8/c1-12(2)8-19(23(29)30)25-22(28)16(11-26)24-21(27)13-6-7-14-15(9-13)20(33-5)18(32-4)10-17(14)31-3/h10,12-13,16,19,26,29-30H,6-9,11H2,1-5H3,(H,24,27)(H,25,28)/t13?,16-,19-/m0/s1. The number of carbonyl (C=O) groups excluding carboxylic acids is 2. The number of hydrogen-bond acceptors (Lipinski definition) is 8. The van der Waals surface area contributed by atoms with Gasteiger partial charge in [-0.05, 0) is 31.6 Å². The molecule has 0 spiro atoms. The molecule has 1 unspecified atom stereocenters. The Balaban J connectivity index is 2.15. The van der Waals surface area contributed by atoms with Gasteiger partial charge >= 0.3 is 7.12 Å². The van der Waals surface area contributed by atoms with Crippen molar-refractivity contribution < 1.29 is 39.0 Å². The van der Waals surface area contributed by atoms with Gasteiger partial charge in [-0.25, -0.2) is 0 Å². The third-order valence-electron chi connectivity index (χ3n) is 5.86. The molecule has 2 rings (SSSR count). The summed E-state index contributed by atoms with van der Waals surface area (Å²) in [4.78, 5) is 25.6. The Labute approximate surface area is 194 Å². The van der Waals surface area contributed by atoms with Crippen LogP contribution in [0.4, 0.5) is 0 Å². The summed E-state index contributed by atoms with van der Waals surface area (Å²) in [6.45, 7) is 3.14. The summed E-state index contributed by atoms with van der Waals surface area (Å²) in [7, 11) is 2.88. The number of fused-ring (bicyclic) bond motifs is 1. The summed E-state index contributed by atoms with van der Waals surface area (Å²) >= 11 is 0. The van der Waals surface area contributed by atoms with Gasteiger partial charge in [0.15, 0.2) is 11.5 Å². The van der Waals surface area contributed by atoms with E-state index < -0.39 is 37.5 Å². The number of nitrogens with one attached hydrogen (secondary N) is 2. The van der Waals surface area contributed by atoms with Crippen LogP contribution in [-0.2, 0) is 22.4 Å². The van der Waals surface area contributed by atoms with Crippen LogP contribution in [0.25, 0.3) is 0 Å². The van der Waals surface area contributed by atoms with Crippen LogP contribution in [0.2, 0.25) is 0 Å². The van der Waals surface area contributed by atoms with Crippen LogP contribution in [0.5, 0.6) is 17.2 Å². The fourth-order valence-corrected chi connectivity index (χ4v) is 4.17. The van der Waals surface area contributed by atoms with Crippen LogP contribution >= 0.6 is 0 Å². The summed E-state index contributed by atoms with van der Waals surface area (Å²) in [6, 6.07) is 0.543. The average Bonchev–Trinajstić information content (AvgIpc) is 2.79. The van der Waals surface area contributed by atoms with Crippen molar-refractivity contribution in [1.82, 2.24) is 10.6 Å². The molecule has 0 saturated carbocycles. The summed E-state index contributed by atoms with van der Waals surface area (Å²) in [5.41, 5.74) is 1.76. The molecule has 3 atom stereocenters. The molecular formula is C22H35BN2O8. The molecule has 1 aromatic rings. The molecule has 2 amide bonds. The van der Waals surface area contributed by atoms with E-state index in [0.717, 1.165) is 11.1 Å². The van der Waals surface area contributed by atoms with Gasteiger partial charge in [-0.1, -0.05) is 13.8 Å². The quantitative estimate of drug-likeness (QED) is 0.283. The lowest BCUT2D eigenvalue weighted by Crippen LogP contribution is -2.56. The third kappa shape index (κ3) is 6.52. The predicted molar refractivity (Wildman–Crippen MR) is 122 cm³/mol. The number of ether oxygens (including phenoxy) is 3. The maximum atomic E-state index is 13.0. The van der Waals surface area contributed by atoms with Crippen molar-refractivity contribution in [2.45, 2.75) is 51.5 Å². The zero-order chi connectivity index (χ0) is 24.7. The molecule has 1 aromatic carbocycles. The van der Waals surface area contributed by atoms with Gasteiger partial charge in [-0.3, -0.25) is 9.59 Å². The number of amides is 2. The van der Waals surface area contributed by atoms with E-state index in [4.69, 9.17) is 14.2 Å². The van der Waals surface area contributed by atoms with Crippen LogP contribution in [0.3, 0.4) is 0 Å². The lowest BCUT2D eigenvalue weighted by molar-refractivity contribution is -0.132. The molecule has 184 valence electrons. The molecule has 0 aromatic heterocycles. The molecule has 0 heterocycles. The van der Waals surface area contributed by atoms with Gasteiger partial charge in [0.1, 0.15) is 11.8 Å². The Morgan fingerprint density at radius 1 is 1.09 bits per heavy atom. The van der Waals surface area contributed by atoms with Gasteiger partial charge < -0.3 is 40.0 Å². The summed E-state index contributed by atoms with van der Waals surface area (Å²) in [5.74, 6) is -0.630. The zero-order valence-corrected chi connectivity index (χ0v) is 19.9. The Hall–Kier alpha value is -2.50. The highest BCUT2D eigenvalue weighted by Crippen LogP contribution is 2.44. The molecular weight excluding hydrogens is 431 g/mol. The second-order valence-electron chi connectivity index (χ2n) is 8.61. The maximum Gasteiger partial charge on any atom is 0.475 e. The zero-order valence-electron chi connectivity index (χ0n) is 19.9. The monoisotopic (exact) mass is 466 g/mol. The Morgan fingerprint density at radius 2 is 1.76 bits per heavy atom. The highest BCUT2D eigenvalue weighted by molar-refractivity contribution is 6.43. The molecule has 0 aliphatic heterocycles. The number of carbonyl (C=O) groups is 2. The van der Waals surface area contributed by atoms with Crippen molar-refractivity contribution >= 4 is 18.9 Å². The number of benzene rings is 1. The van der Waals surface area contributed by atoms with Gasteiger partial charge in [-0.15, -0.1) is 0 Å². The van der Waals surface area contributed by atoms with E-state index in [0.29, 0.717) is 42.9 Å². The molecule has 11 heteroatoms. The lowest BCUT2D eigenvalue weighted by atomic mass is 9.75. The van der Waals surface area contributed by atoms with Gasteiger partial charge in [0.25, 0.3) is 0 Å². The highest BCUT2D eigenvalue weighted by atomic mass is 16.5. The largest absolute Gasteiger partial charge is 0.496 e. The van der Waals surface area contributed by atoms with Crippen molar-refractivity contribution in [2.75, 3.05) is 27.9 Å². The summed E-state index contributed by atoms with van der Waals surface area (Å²) in [5, 5.41) is 33.9. The molecule has 0 fully saturated rings. The van der Waals surface area contributed by atoms with Crippen molar-refractivity contribution in [3.05, 3.63) is 17.2 Å². The van der Waals surface area contributed by atoms with Gasteiger partial charge in [0.2, 0.25) is 11.8 Å². The molecule has 5 N–H and O–H groups in total. The minimum atomic E-state index is -1.75. The molecule has 10 nitrogen and oxygen atoms in total. The minimum Gasteiger partial charge on any atom is -0.496 e. The first-order valence-electron chi connectivity index (χ1n) is 11.0. The van der Waals surface area contributed by atoms with Crippen LogP contribution in [-0.4, -0.2) is 74.0 Å². The Bertz CT molecular complexity index is 811. The molecule has 0 bridgehead atoms. The first-order chi connectivity index (χ1) is 15.7. The number of hydrogen-bond donors (Lipinski definition) is 5. The molecule has 1 aliphatic carbocycles. The van der Waals surface area contributed by atoms with Crippen LogP contribution in [0.1, 0.15) is 37.8 Å². The third-order valence-corrected chi connectivity index (χ3v) is 5.86. The Kier molecular flexibility index (Phi) is 9.81. The van der Waals surface area contributed by atoms with Gasteiger partial charge in [0, 0.05) is 23.1 Å². The maximum absolute atomic E-state index is 13.0. The molecule has 33 heavy (non-hydrogen) atoms. The van der Waals surface area contributed by atoms with Crippen molar-refractivity contribution in [2.24, 2.45) is 11.8 Å². The fourth-order valence-electron chi connectivity index (χ4n) is 4.17. The lowest BCUT2D eigenvalue weighted by Gasteiger charge is -2.29. The van der Waals surface area contributed by atoms with E-state index in [1.165, 1.54) is 14.2 Å². The Morgan fingerprint density at radius 3 is 2.27 bits per heavy atom. The predicted octanol–water partition coefficient (Wildman–Crippen LogP) is -0.163. The minimum absolute atomic E-state index is 0.102. The molecule has 1 aliphatic rings. The highest BCUT2D eigenvalue weighted by Gasteiger charge is 2.34. The number of aliphatic hydroxyl groups excluding tert-OH is 1. The van der Waals surface area contributed by atoms with E-state index in [2.05, 4.69) is 10.6 Å². The van der Waals surface area contributed by atoms with Crippen molar-refractivity contribution in [1.29, 1.82) is 0 Å². The number of rotatable bonds is 11. The first-order valence-corrected chi connectivity index (χ1v) is 11.0. The summed E-state index contributed by atoms with van der Waals surface area (Å²) in [6.07, 6.45) is 1.78.